The summed E-state index contributed by atoms with van der Waals surface area (Å²) in [5.74, 6) is 0. The first-order valence-corrected chi connectivity index (χ1v) is 5.98. The molecule has 0 aliphatic carbocycles. The SMILES string of the molecule is O[C@@H]1CNC[C@H]1NCc1ccc(Cl)cc1Cl. The molecule has 0 aromatic heterocycles. The van der Waals surface area contributed by atoms with E-state index in [4.69, 9.17) is 23.2 Å². The van der Waals surface area contributed by atoms with Crippen molar-refractivity contribution in [3.63, 3.8) is 0 Å². The van der Waals surface area contributed by atoms with E-state index in [0.29, 0.717) is 23.1 Å². The van der Waals surface area contributed by atoms with E-state index in [-0.39, 0.29) is 12.1 Å². The van der Waals surface area contributed by atoms with Crippen LogP contribution in [0.5, 0.6) is 0 Å². The largest absolute Gasteiger partial charge is 0.390 e. The molecule has 0 spiro atoms. The lowest BCUT2D eigenvalue weighted by Crippen LogP contribution is -2.38. The van der Waals surface area contributed by atoms with Gasteiger partial charge >= 0.3 is 0 Å². The molecule has 3 nitrogen and oxygen atoms in total. The molecule has 0 radical (unpaired) electrons. The average molecular weight is 261 g/mol. The number of hydrogen-bond donors (Lipinski definition) is 3. The van der Waals surface area contributed by atoms with E-state index >= 15 is 0 Å². The molecule has 1 aliphatic rings. The highest BCUT2D eigenvalue weighted by Gasteiger charge is 2.24. The summed E-state index contributed by atoms with van der Waals surface area (Å²) in [6.07, 6.45) is -0.328. The molecule has 16 heavy (non-hydrogen) atoms. The Morgan fingerprint density at radius 2 is 2.19 bits per heavy atom. The van der Waals surface area contributed by atoms with Gasteiger partial charge in [0.15, 0.2) is 0 Å². The number of halogens is 2. The Morgan fingerprint density at radius 1 is 1.38 bits per heavy atom. The maximum atomic E-state index is 9.60. The van der Waals surface area contributed by atoms with Crippen molar-refractivity contribution in [1.29, 1.82) is 0 Å². The highest BCUT2D eigenvalue weighted by Crippen LogP contribution is 2.20. The third-order valence-electron chi connectivity index (χ3n) is 2.75. The number of aliphatic hydroxyl groups excluding tert-OH is 1. The molecule has 2 rings (SSSR count). The summed E-state index contributed by atoms with van der Waals surface area (Å²) < 4.78 is 0. The molecule has 1 aromatic rings. The van der Waals surface area contributed by atoms with Gasteiger partial charge < -0.3 is 15.7 Å². The van der Waals surface area contributed by atoms with Crippen molar-refractivity contribution in [3.05, 3.63) is 33.8 Å². The van der Waals surface area contributed by atoms with Gasteiger partial charge in [0.25, 0.3) is 0 Å². The van der Waals surface area contributed by atoms with Crippen LogP contribution in [0.4, 0.5) is 0 Å². The highest BCUT2D eigenvalue weighted by molar-refractivity contribution is 6.35. The molecule has 1 saturated heterocycles. The van der Waals surface area contributed by atoms with Crippen molar-refractivity contribution in [1.82, 2.24) is 10.6 Å². The van der Waals surface area contributed by atoms with E-state index < -0.39 is 0 Å². The van der Waals surface area contributed by atoms with Crippen LogP contribution in [-0.2, 0) is 6.54 Å². The summed E-state index contributed by atoms with van der Waals surface area (Å²) in [4.78, 5) is 0. The van der Waals surface area contributed by atoms with Gasteiger partial charge in [0, 0.05) is 35.7 Å². The first-order chi connectivity index (χ1) is 7.66. The molecule has 3 N–H and O–H groups in total. The Balaban J connectivity index is 1.94. The number of β-amino-alcohol motifs (C(OH)–C–C–N with tert-alkyl or cyclic N) is 1. The standard InChI is InChI=1S/C11H14Cl2N2O/c12-8-2-1-7(9(13)3-8)4-15-10-5-14-6-11(10)16/h1-3,10-11,14-16H,4-6H2/t10-,11-/m1/s1. The van der Waals surface area contributed by atoms with Gasteiger partial charge in [-0.1, -0.05) is 29.3 Å². The smallest absolute Gasteiger partial charge is 0.0829 e. The number of rotatable bonds is 3. The van der Waals surface area contributed by atoms with E-state index in [1.165, 1.54) is 0 Å². The van der Waals surface area contributed by atoms with Crippen LogP contribution in [0.2, 0.25) is 10.0 Å². The Bertz CT molecular complexity index is 373. The molecule has 0 amide bonds. The van der Waals surface area contributed by atoms with E-state index in [9.17, 15) is 5.11 Å². The van der Waals surface area contributed by atoms with E-state index in [1.807, 2.05) is 12.1 Å². The zero-order valence-corrected chi connectivity index (χ0v) is 10.2. The first kappa shape index (κ1) is 12.1. The zero-order valence-electron chi connectivity index (χ0n) is 8.71. The third-order valence-corrected chi connectivity index (χ3v) is 3.34. The Labute approximate surface area is 105 Å². The maximum absolute atomic E-state index is 9.60. The molecule has 0 bridgehead atoms. The van der Waals surface area contributed by atoms with Gasteiger partial charge in [-0.2, -0.15) is 0 Å². The predicted molar refractivity (Wildman–Crippen MR) is 66.0 cm³/mol. The zero-order chi connectivity index (χ0) is 11.5. The molecule has 0 saturated carbocycles. The van der Waals surface area contributed by atoms with E-state index in [0.717, 1.165) is 12.1 Å². The average Bonchev–Trinajstić information content (AvgIpc) is 2.63. The normalized spacial score (nSPS) is 24.9. The number of nitrogens with one attached hydrogen (secondary N) is 2. The Kier molecular flexibility index (Phi) is 4.05. The quantitative estimate of drug-likeness (QED) is 0.771. The second-order valence-corrected chi connectivity index (χ2v) is 4.79. The molecule has 1 fully saturated rings. The van der Waals surface area contributed by atoms with Crippen molar-refractivity contribution in [3.8, 4) is 0 Å². The van der Waals surface area contributed by atoms with E-state index in [1.54, 1.807) is 6.07 Å². The van der Waals surface area contributed by atoms with Gasteiger partial charge in [0.1, 0.15) is 0 Å². The Hall–Kier alpha value is -0.320. The van der Waals surface area contributed by atoms with Gasteiger partial charge in [-0.3, -0.25) is 0 Å². The summed E-state index contributed by atoms with van der Waals surface area (Å²) in [6, 6.07) is 5.52. The van der Waals surface area contributed by atoms with Gasteiger partial charge in [-0.25, -0.2) is 0 Å². The van der Waals surface area contributed by atoms with Crippen LogP contribution >= 0.6 is 23.2 Å². The molecular formula is C11H14Cl2N2O. The van der Waals surface area contributed by atoms with Crippen molar-refractivity contribution in [2.75, 3.05) is 13.1 Å². The van der Waals surface area contributed by atoms with Crippen LogP contribution in [-0.4, -0.2) is 30.3 Å². The van der Waals surface area contributed by atoms with Crippen molar-refractivity contribution in [2.45, 2.75) is 18.7 Å². The third kappa shape index (κ3) is 2.87. The highest BCUT2D eigenvalue weighted by atomic mass is 35.5. The number of hydrogen-bond acceptors (Lipinski definition) is 3. The number of benzene rings is 1. The summed E-state index contributed by atoms with van der Waals surface area (Å²) in [5, 5.41) is 17.3. The van der Waals surface area contributed by atoms with Crippen LogP contribution < -0.4 is 10.6 Å². The minimum absolute atomic E-state index is 0.0896. The summed E-state index contributed by atoms with van der Waals surface area (Å²) in [6.45, 7) is 2.07. The molecule has 2 atom stereocenters. The summed E-state index contributed by atoms with van der Waals surface area (Å²) in [7, 11) is 0. The number of aliphatic hydroxyl groups is 1. The fourth-order valence-corrected chi connectivity index (χ4v) is 2.25. The lowest BCUT2D eigenvalue weighted by molar-refractivity contribution is 0.162. The van der Waals surface area contributed by atoms with Crippen molar-refractivity contribution in [2.24, 2.45) is 0 Å². The van der Waals surface area contributed by atoms with Crippen molar-refractivity contribution < 1.29 is 5.11 Å². The van der Waals surface area contributed by atoms with Crippen LogP contribution in [0.25, 0.3) is 0 Å². The van der Waals surface area contributed by atoms with Gasteiger partial charge in [0.05, 0.1) is 6.10 Å². The second-order valence-electron chi connectivity index (χ2n) is 3.95. The van der Waals surface area contributed by atoms with Crippen LogP contribution in [0.1, 0.15) is 5.56 Å². The molecule has 1 aliphatic heterocycles. The maximum Gasteiger partial charge on any atom is 0.0829 e. The lowest BCUT2D eigenvalue weighted by atomic mass is 10.2. The van der Waals surface area contributed by atoms with Gasteiger partial charge in [-0.05, 0) is 17.7 Å². The molecule has 1 aromatic carbocycles. The topological polar surface area (TPSA) is 44.3 Å². The molecule has 5 heteroatoms. The minimum atomic E-state index is -0.328. The van der Waals surface area contributed by atoms with Crippen LogP contribution in [0.15, 0.2) is 18.2 Å². The van der Waals surface area contributed by atoms with Gasteiger partial charge in [0.2, 0.25) is 0 Å². The minimum Gasteiger partial charge on any atom is -0.390 e. The lowest BCUT2D eigenvalue weighted by Gasteiger charge is -2.15. The van der Waals surface area contributed by atoms with Crippen LogP contribution in [0, 0.1) is 0 Å². The molecule has 1 heterocycles. The molecule has 88 valence electrons. The van der Waals surface area contributed by atoms with Crippen LogP contribution in [0.3, 0.4) is 0 Å². The second kappa shape index (κ2) is 5.34. The summed E-state index contributed by atoms with van der Waals surface area (Å²) in [5.41, 5.74) is 0.991. The van der Waals surface area contributed by atoms with Gasteiger partial charge in [-0.15, -0.1) is 0 Å². The first-order valence-electron chi connectivity index (χ1n) is 5.23. The monoisotopic (exact) mass is 260 g/mol. The fourth-order valence-electron chi connectivity index (χ4n) is 1.78. The molecule has 0 unspecified atom stereocenters. The van der Waals surface area contributed by atoms with E-state index in [2.05, 4.69) is 10.6 Å². The Morgan fingerprint density at radius 3 is 2.81 bits per heavy atom. The predicted octanol–water partition coefficient (Wildman–Crippen LogP) is 1.42. The summed E-state index contributed by atoms with van der Waals surface area (Å²) >= 11 is 11.9. The fraction of sp³-hybridized carbons (Fsp3) is 0.455. The molecular weight excluding hydrogens is 247 g/mol. The van der Waals surface area contributed by atoms with Crippen molar-refractivity contribution >= 4 is 23.2 Å².